The zero-order valence-corrected chi connectivity index (χ0v) is 10.1. The minimum absolute atomic E-state index is 0.216. The van der Waals surface area contributed by atoms with Gasteiger partial charge in [-0.15, -0.1) is 0 Å². The third-order valence-electron chi connectivity index (χ3n) is 3.58. The van der Waals surface area contributed by atoms with Crippen LogP contribution in [-0.4, -0.2) is 59.5 Å². The van der Waals surface area contributed by atoms with E-state index in [0.29, 0.717) is 32.6 Å². The van der Waals surface area contributed by atoms with Crippen molar-refractivity contribution in [3.05, 3.63) is 0 Å². The summed E-state index contributed by atoms with van der Waals surface area (Å²) in [6, 6.07) is 0. The summed E-state index contributed by atoms with van der Waals surface area (Å²) in [5.41, 5.74) is 0. The molecule has 2 amide bonds. The molecule has 1 N–H and O–H groups in total. The van der Waals surface area contributed by atoms with Crippen molar-refractivity contribution < 1.29 is 14.7 Å². The topological polar surface area (TPSA) is 60.9 Å². The molecule has 0 radical (unpaired) electrons. The van der Waals surface area contributed by atoms with Crippen molar-refractivity contribution in [1.29, 1.82) is 0 Å². The molecular weight excluding hydrogens is 220 g/mol. The monoisotopic (exact) mass is 240 g/mol. The van der Waals surface area contributed by atoms with Gasteiger partial charge < -0.3 is 14.9 Å². The Hall–Kier alpha value is -1.10. The average Bonchev–Trinajstić information content (AvgIpc) is 3.19. The van der Waals surface area contributed by atoms with Gasteiger partial charge in [0.05, 0.1) is 0 Å². The quantitative estimate of drug-likeness (QED) is 0.743. The van der Waals surface area contributed by atoms with Gasteiger partial charge >= 0.3 is 0 Å². The Morgan fingerprint density at radius 3 is 2.00 bits per heavy atom. The molecule has 2 aliphatic rings. The summed E-state index contributed by atoms with van der Waals surface area (Å²) in [4.78, 5) is 26.5. The molecule has 96 valence electrons. The van der Waals surface area contributed by atoms with Gasteiger partial charge in [-0.25, -0.2) is 0 Å². The second kappa shape index (κ2) is 5.49. The van der Waals surface area contributed by atoms with Gasteiger partial charge in [0.2, 0.25) is 11.8 Å². The van der Waals surface area contributed by atoms with E-state index in [1.54, 1.807) is 4.90 Å². The van der Waals surface area contributed by atoms with E-state index in [1.807, 2.05) is 4.90 Å². The Bertz CT molecular complexity index is 294. The second-order valence-electron chi connectivity index (χ2n) is 4.90. The van der Waals surface area contributed by atoms with Gasteiger partial charge in [0.25, 0.3) is 0 Å². The van der Waals surface area contributed by atoms with Crippen LogP contribution in [0.25, 0.3) is 0 Å². The molecule has 5 nitrogen and oxygen atoms in total. The highest BCUT2D eigenvalue weighted by molar-refractivity contribution is 5.79. The Morgan fingerprint density at radius 1 is 1.00 bits per heavy atom. The van der Waals surface area contributed by atoms with Gasteiger partial charge in [-0.2, -0.15) is 0 Å². The van der Waals surface area contributed by atoms with Gasteiger partial charge in [0.15, 0.2) is 0 Å². The molecule has 1 heterocycles. The molecule has 1 saturated heterocycles. The van der Waals surface area contributed by atoms with E-state index in [0.717, 1.165) is 12.3 Å². The summed E-state index contributed by atoms with van der Waals surface area (Å²) in [5, 5.41) is 8.74. The molecule has 5 heteroatoms. The molecular formula is C12H20N2O3. The maximum absolute atomic E-state index is 11.8. The van der Waals surface area contributed by atoms with Crippen molar-refractivity contribution in [3.63, 3.8) is 0 Å². The van der Waals surface area contributed by atoms with E-state index in [1.165, 1.54) is 12.8 Å². The zero-order chi connectivity index (χ0) is 12.3. The Labute approximate surface area is 101 Å². The van der Waals surface area contributed by atoms with Crippen molar-refractivity contribution in [2.45, 2.75) is 25.7 Å². The van der Waals surface area contributed by atoms with Crippen LogP contribution in [0.5, 0.6) is 0 Å². The Kier molecular flexibility index (Phi) is 3.99. The maximum Gasteiger partial charge on any atom is 0.248 e. The van der Waals surface area contributed by atoms with E-state index >= 15 is 0 Å². The molecule has 1 aliphatic heterocycles. The number of hydrogen-bond acceptors (Lipinski definition) is 3. The first-order valence-corrected chi connectivity index (χ1v) is 6.37. The average molecular weight is 240 g/mol. The normalized spacial score (nSPS) is 20.5. The van der Waals surface area contributed by atoms with Crippen LogP contribution in [0.2, 0.25) is 0 Å². The van der Waals surface area contributed by atoms with Crippen LogP contribution >= 0.6 is 0 Å². The first kappa shape index (κ1) is 12.4. The number of hydrogen-bond donors (Lipinski definition) is 1. The highest BCUT2D eigenvalue weighted by Crippen LogP contribution is 2.33. The molecule has 1 saturated carbocycles. The summed E-state index contributed by atoms with van der Waals surface area (Å²) in [7, 11) is 0. The lowest BCUT2D eigenvalue weighted by Gasteiger charge is -2.34. The number of amides is 2. The lowest BCUT2D eigenvalue weighted by atomic mass is 10.2. The lowest BCUT2D eigenvalue weighted by molar-refractivity contribution is -0.141. The predicted molar refractivity (Wildman–Crippen MR) is 62.2 cm³/mol. The summed E-state index contributed by atoms with van der Waals surface area (Å²) in [5.74, 6) is 0.763. The smallest absolute Gasteiger partial charge is 0.248 e. The number of piperazine rings is 1. The summed E-state index contributed by atoms with van der Waals surface area (Å²) >= 11 is 0. The van der Waals surface area contributed by atoms with E-state index in [9.17, 15) is 9.59 Å². The largest absolute Gasteiger partial charge is 0.387 e. The molecule has 0 aromatic heterocycles. The fourth-order valence-electron chi connectivity index (χ4n) is 2.20. The van der Waals surface area contributed by atoms with Crippen molar-refractivity contribution in [3.8, 4) is 0 Å². The molecule has 0 bridgehead atoms. The van der Waals surface area contributed by atoms with E-state index in [2.05, 4.69) is 0 Å². The van der Waals surface area contributed by atoms with Crippen LogP contribution in [0.1, 0.15) is 25.7 Å². The fourth-order valence-corrected chi connectivity index (χ4v) is 2.20. The third kappa shape index (κ3) is 3.43. The van der Waals surface area contributed by atoms with Crippen molar-refractivity contribution in [2.24, 2.45) is 5.92 Å². The highest BCUT2D eigenvalue weighted by atomic mass is 16.3. The minimum Gasteiger partial charge on any atom is -0.387 e. The molecule has 2 rings (SSSR count). The first-order chi connectivity index (χ1) is 8.20. The maximum atomic E-state index is 11.8. The standard InChI is InChI=1S/C12H20N2O3/c15-9-12(17)14-7-5-13(6-8-14)11(16)4-3-10-1-2-10/h10,15H,1-9H2. The Balaban J connectivity index is 1.69. The van der Waals surface area contributed by atoms with E-state index in [-0.39, 0.29) is 11.8 Å². The number of rotatable bonds is 4. The van der Waals surface area contributed by atoms with Crippen LogP contribution in [-0.2, 0) is 9.59 Å². The van der Waals surface area contributed by atoms with Crippen molar-refractivity contribution in [1.82, 2.24) is 9.80 Å². The van der Waals surface area contributed by atoms with Crippen LogP contribution < -0.4 is 0 Å². The molecule has 0 aromatic rings. The number of nitrogens with zero attached hydrogens (tertiary/aromatic N) is 2. The Morgan fingerprint density at radius 2 is 1.53 bits per heavy atom. The third-order valence-corrected chi connectivity index (χ3v) is 3.58. The van der Waals surface area contributed by atoms with E-state index in [4.69, 9.17) is 5.11 Å². The summed E-state index contributed by atoms with van der Waals surface area (Å²) in [6.07, 6.45) is 4.24. The van der Waals surface area contributed by atoms with Gasteiger partial charge in [-0.1, -0.05) is 12.8 Å². The summed E-state index contributed by atoms with van der Waals surface area (Å²) in [6.45, 7) is 1.88. The van der Waals surface area contributed by atoms with Gasteiger partial charge in [-0.05, 0) is 12.3 Å². The zero-order valence-electron chi connectivity index (χ0n) is 10.1. The van der Waals surface area contributed by atoms with Crippen LogP contribution in [0.3, 0.4) is 0 Å². The molecule has 0 aromatic carbocycles. The number of carbonyl (C=O) groups excluding carboxylic acids is 2. The van der Waals surface area contributed by atoms with Crippen molar-refractivity contribution >= 4 is 11.8 Å². The number of aliphatic hydroxyl groups excluding tert-OH is 1. The van der Waals surface area contributed by atoms with Gasteiger partial charge in [-0.3, -0.25) is 9.59 Å². The molecule has 0 unspecified atom stereocenters. The van der Waals surface area contributed by atoms with Crippen LogP contribution in [0, 0.1) is 5.92 Å². The molecule has 0 atom stereocenters. The molecule has 2 fully saturated rings. The van der Waals surface area contributed by atoms with Crippen molar-refractivity contribution in [2.75, 3.05) is 32.8 Å². The lowest BCUT2D eigenvalue weighted by Crippen LogP contribution is -2.51. The number of aliphatic hydroxyl groups is 1. The molecule has 1 aliphatic carbocycles. The van der Waals surface area contributed by atoms with E-state index < -0.39 is 6.61 Å². The number of carbonyl (C=O) groups is 2. The van der Waals surface area contributed by atoms with Crippen LogP contribution in [0.4, 0.5) is 0 Å². The second-order valence-corrected chi connectivity index (χ2v) is 4.90. The van der Waals surface area contributed by atoms with Gasteiger partial charge in [0, 0.05) is 32.6 Å². The SMILES string of the molecule is O=C(CO)N1CCN(C(=O)CCC2CC2)CC1. The van der Waals surface area contributed by atoms with Crippen LogP contribution in [0.15, 0.2) is 0 Å². The predicted octanol–water partition coefficient (Wildman–Crippen LogP) is -0.160. The minimum atomic E-state index is -0.435. The first-order valence-electron chi connectivity index (χ1n) is 6.37. The highest BCUT2D eigenvalue weighted by Gasteiger charge is 2.26. The summed E-state index contributed by atoms with van der Waals surface area (Å²) < 4.78 is 0. The van der Waals surface area contributed by atoms with Gasteiger partial charge in [0.1, 0.15) is 6.61 Å². The molecule has 17 heavy (non-hydrogen) atoms. The molecule has 0 spiro atoms. The fraction of sp³-hybridized carbons (Fsp3) is 0.833.